The van der Waals surface area contributed by atoms with Crippen LogP contribution in [0.2, 0.25) is 5.02 Å². The van der Waals surface area contributed by atoms with Gasteiger partial charge in [-0.25, -0.2) is 0 Å². The lowest BCUT2D eigenvalue weighted by atomic mass is 10.0. The Kier molecular flexibility index (Phi) is 6.97. The highest BCUT2D eigenvalue weighted by Crippen LogP contribution is 2.21. The molecule has 3 nitrogen and oxygen atoms in total. The van der Waals surface area contributed by atoms with Gasteiger partial charge in [0.1, 0.15) is 0 Å². The van der Waals surface area contributed by atoms with Crippen LogP contribution in [0.5, 0.6) is 0 Å². The molecular formula is C17H27ClN2O. The molecule has 1 heterocycles. The molecule has 0 spiro atoms. The van der Waals surface area contributed by atoms with Crippen LogP contribution >= 0.6 is 11.6 Å². The van der Waals surface area contributed by atoms with Crippen molar-refractivity contribution in [3.05, 3.63) is 34.9 Å². The van der Waals surface area contributed by atoms with E-state index in [0.29, 0.717) is 6.04 Å². The molecule has 1 fully saturated rings. The fraction of sp³-hybridized carbons (Fsp3) is 0.647. The zero-order valence-corrected chi connectivity index (χ0v) is 13.6. The predicted molar refractivity (Wildman–Crippen MR) is 88.8 cm³/mol. The molecule has 0 bridgehead atoms. The number of aliphatic hydroxyl groups is 1. The van der Waals surface area contributed by atoms with E-state index in [2.05, 4.69) is 29.3 Å². The molecule has 118 valence electrons. The molecule has 1 saturated heterocycles. The van der Waals surface area contributed by atoms with Crippen molar-refractivity contribution in [3.8, 4) is 0 Å². The van der Waals surface area contributed by atoms with Gasteiger partial charge < -0.3 is 15.3 Å². The summed E-state index contributed by atoms with van der Waals surface area (Å²) in [6.07, 6.45) is 4.11. The molecule has 0 amide bonds. The second kappa shape index (κ2) is 8.74. The van der Waals surface area contributed by atoms with Gasteiger partial charge in [-0.1, -0.05) is 30.7 Å². The minimum Gasteiger partial charge on any atom is -0.392 e. The molecule has 0 radical (unpaired) electrons. The van der Waals surface area contributed by atoms with Gasteiger partial charge in [0.05, 0.1) is 6.10 Å². The second-order valence-corrected chi connectivity index (χ2v) is 6.38. The zero-order chi connectivity index (χ0) is 15.1. The van der Waals surface area contributed by atoms with E-state index < -0.39 is 0 Å². The first-order valence-corrected chi connectivity index (χ1v) is 8.46. The summed E-state index contributed by atoms with van der Waals surface area (Å²) in [4.78, 5) is 2.38. The molecule has 2 unspecified atom stereocenters. The maximum absolute atomic E-state index is 9.76. The fourth-order valence-corrected chi connectivity index (χ4v) is 3.07. The zero-order valence-electron chi connectivity index (χ0n) is 12.9. The fourth-order valence-electron chi connectivity index (χ4n) is 2.95. The molecule has 2 rings (SSSR count). The Morgan fingerprint density at radius 1 is 1.38 bits per heavy atom. The number of hydrogen-bond donors (Lipinski definition) is 2. The topological polar surface area (TPSA) is 35.5 Å². The SMILES string of the molecule is CCCNC(CCN1CCCC(O)C1)c1ccc(Cl)cc1. The summed E-state index contributed by atoms with van der Waals surface area (Å²) >= 11 is 5.98. The summed E-state index contributed by atoms with van der Waals surface area (Å²) in [6, 6.07) is 8.51. The van der Waals surface area contributed by atoms with Crippen LogP contribution in [0.1, 0.15) is 44.2 Å². The lowest BCUT2D eigenvalue weighted by molar-refractivity contribution is 0.0685. The Bertz CT molecular complexity index is 410. The number of halogens is 1. The minimum absolute atomic E-state index is 0.142. The number of aliphatic hydroxyl groups excluding tert-OH is 1. The Labute approximate surface area is 133 Å². The molecule has 1 aliphatic rings. The van der Waals surface area contributed by atoms with Gasteiger partial charge in [-0.05, 0) is 56.5 Å². The second-order valence-electron chi connectivity index (χ2n) is 5.94. The molecule has 1 aromatic rings. The molecule has 1 aliphatic heterocycles. The van der Waals surface area contributed by atoms with Gasteiger partial charge in [0.2, 0.25) is 0 Å². The number of nitrogens with one attached hydrogen (secondary N) is 1. The van der Waals surface area contributed by atoms with Gasteiger partial charge in [-0.2, -0.15) is 0 Å². The molecule has 0 aliphatic carbocycles. The van der Waals surface area contributed by atoms with Crippen molar-refractivity contribution in [3.63, 3.8) is 0 Å². The van der Waals surface area contributed by atoms with Crippen molar-refractivity contribution >= 4 is 11.6 Å². The monoisotopic (exact) mass is 310 g/mol. The highest BCUT2D eigenvalue weighted by atomic mass is 35.5. The first kappa shape index (κ1) is 16.8. The van der Waals surface area contributed by atoms with E-state index in [1.54, 1.807) is 0 Å². The average Bonchev–Trinajstić information content (AvgIpc) is 2.49. The molecule has 21 heavy (non-hydrogen) atoms. The predicted octanol–water partition coefficient (Wildman–Crippen LogP) is 3.23. The third-order valence-electron chi connectivity index (χ3n) is 4.13. The summed E-state index contributed by atoms with van der Waals surface area (Å²) in [7, 11) is 0. The van der Waals surface area contributed by atoms with Crippen molar-refractivity contribution in [2.24, 2.45) is 0 Å². The van der Waals surface area contributed by atoms with Crippen molar-refractivity contribution in [1.82, 2.24) is 10.2 Å². The van der Waals surface area contributed by atoms with Gasteiger partial charge in [-0.3, -0.25) is 0 Å². The molecule has 4 heteroatoms. The molecule has 0 saturated carbocycles. The van der Waals surface area contributed by atoms with E-state index in [1.807, 2.05) is 12.1 Å². The third kappa shape index (κ3) is 5.59. The number of nitrogens with zero attached hydrogens (tertiary/aromatic N) is 1. The van der Waals surface area contributed by atoms with E-state index in [0.717, 1.165) is 56.9 Å². The summed E-state index contributed by atoms with van der Waals surface area (Å²) in [5.41, 5.74) is 1.30. The number of likely N-dealkylation sites (tertiary alicyclic amines) is 1. The van der Waals surface area contributed by atoms with E-state index >= 15 is 0 Å². The first-order valence-electron chi connectivity index (χ1n) is 8.08. The maximum atomic E-state index is 9.76. The number of β-amino-alcohol motifs (C(OH)–C–C–N with tert-alkyl or cyclic N) is 1. The Morgan fingerprint density at radius 2 is 2.14 bits per heavy atom. The number of rotatable bonds is 7. The Hall–Kier alpha value is -0.610. The van der Waals surface area contributed by atoms with Crippen LogP contribution in [0.3, 0.4) is 0 Å². The third-order valence-corrected chi connectivity index (χ3v) is 4.38. The van der Waals surface area contributed by atoms with Gasteiger partial charge in [0.15, 0.2) is 0 Å². The van der Waals surface area contributed by atoms with Crippen molar-refractivity contribution in [1.29, 1.82) is 0 Å². The van der Waals surface area contributed by atoms with E-state index in [4.69, 9.17) is 11.6 Å². The van der Waals surface area contributed by atoms with E-state index in [1.165, 1.54) is 5.56 Å². The lowest BCUT2D eigenvalue weighted by Gasteiger charge is -2.31. The van der Waals surface area contributed by atoms with Gasteiger partial charge in [-0.15, -0.1) is 0 Å². The van der Waals surface area contributed by atoms with Crippen molar-refractivity contribution in [2.75, 3.05) is 26.2 Å². The molecule has 2 N–H and O–H groups in total. The van der Waals surface area contributed by atoms with Crippen molar-refractivity contribution < 1.29 is 5.11 Å². The van der Waals surface area contributed by atoms with Crippen molar-refractivity contribution in [2.45, 2.75) is 44.8 Å². The highest BCUT2D eigenvalue weighted by Gasteiger charge is 2.19. The standard InChI is InChI=1S/C17H27ClN2O/c1-2-10-19-17(14-5-7-15(18)8-6-14)9-12-20-11-3-4-16(21)13-20/h5-8,16-17,19,21H,2-4,9-13H2,1H3. The first-order chi connectivity index (χ1) is 10.2. The average molecular weight is 311 g/mol. The minimum atomic E-state index is -0.142. The quantitative estimate of drug-likeness (QED) is 0.811. The van der Waals surface area contributed by atoms with Crippen LogP contribution in [-0.4, -0.2) is 42.3 Å². The van der Waals surface area contributed by atoms with Crippen LogP contribution in [-0.2, 0) is 0 Å². The highest BCUT2D eigenvalue weighted by molar-refractivity contribution is 6.30. The van der Waals surface area contributed by atoms with Crippen LogP contribution < -0.4 is 5.32 Å². The van der Waals surface area contributed by atoms with Gasteiger partial charge in [0.25, 0.3) is 0 Å². The summed E-state index contributed by atoms with van der Waals surface area (Å²) < 4.78 is 0. The maximum Gasteiger partial charge on any atom is 0.0667 e. The smallest absolute Gasteiger partial charge is 0.0667 e. The summed E-state index contributed by atoms with van der Waals surface area (Å²) in [5.74, 6) is 0. The number of hydrogen-bond acceptors (Lipinski definition) is 3. The lowest BCUT2D eigenvalue weighted by Crippen LogP contribution is -2.39. The van der Waals surface area contributed by atoms with Crippen LogP contribution in [0, 0.1) is 0 Å². The number of piperidine rings is 1. The molecule has 2 atom stereocenters. The van der Waals surface area contributed by atoms with Gasteiger partial charge >= 0.3 is 0 Å². The Morgan fingerprint density at radius 3 is 2.81 bits per heavy atom. The van der Waals surface area contributed by atoms with E-state index in [-0.39, 0.29) is 6.10 Å². The van der Waals surface area contributed by atoms with E-state index in [9.17, 15) is 5.11 Å². The summed E-state index contributed by atoms with van der Waals surface area (Å²) in [5, 5.41) is 14.2. The van der Waals surface area contributed by atoms with Gasteiger partial charge in [0, 0.05) is 24.2 Å². The normalized spacial score (nSPS) is 21.4. The van der Waals surface area contributed by atoms with Crippen LogP contribution in [0.15, 0.2) is 24.3 Å². The van der Waals surface area contributed by atoms with Crippen LogP contribution in [0.4, 0.5) is 0 Å². The molecular weight excluding hydrogens is 284 g/mol. The van der Waals surface area contributed by atoms with Crippen LogP contribution in [0.25, 0.3) is 0 Å². The number of benzene rings is 1. The molecule has 0 aromatic heterocycles. The Balaban J connectivity index is 1.91. The summed E-state index contributed by atoms with van der Waals surface area (Å²) in [6.45, 7) is 6.17. The largest absolute Gasteiger partial charge is 0.392 e. The molecule has 1 aromatic carbocycles.